The monoisotopic (exact) mass is 318 g/mol. The van der Waals surface area contributed by atoms with E-state index in [1.54, 1.807) is 11.8 Å². The first-order valence-corrected chi connectivity index (χ1v) is 7.83. The topological polar surface area (TPSA) is 66.9 Å². The molecule has 2 amide bonds. The smallest absolute Gasteiger partial charge is 0.410 e. The highest BCUT2D eigenvalue weighted by molar-refractivity contribution is 5.86. The first-order chi connectivity index (χ1) is 11.1. The number of nitrogens with zero attached hydrogens (tertiary/aromatic N) is 2. The lowest BCUT2D eigenvalue weighted by Gasteiger charge is -2.38. The minimum atomic E-state index is -0.539. The number of hydrogen-bond donors (Lipinski definition) is 0. The van der Waals surface area contributed by atoms with E-state index in [0.717, 1.165) is 11.8 Å². The maximum absolute atomic E-state index is 12.3. The number of rotatable bonds is 6. The molecule has 0 bridgehead atoms. The van der Waals surface area contributed by atoms with Gasteiger partial charge in [0, 0.05) is 26.1 Å². The van der Waals surface area contributed by atoms with E-state index in [-0.39, 0.29) is 12.5 Å². The highest BCUT2D eigenvalue weighted by atomic mass is 16.6. The van der Waals surface area contributed by atoms with Gasteiger partial charge in [0.05, 0.1) is 0 Å². The minimum absolute atomic E-state index is 0.0983. The van der Waals surface area contributed by atoms with Crippen LogP contribution in [0.25, 0.3) is 0 Å². The summed E-state index contributed by atoms with van der Waals surface area (Å²) in [4.78, 5) is 38.0. The van der Waals surface area contributed by atoms with Crippen LogP contribution in [0, 0.1) is 0 Å². The highest BCUT2D eigenvalue weighted by Crippen LogP contribution is 2.14. The molecule has 1 fully saturated rings. The lowest BCUT2D eigenvalue weighted by Crippen LogP contribution is -2.57. The van der Waals surface area contributed by atoms with Gasteiger partial charge in [-0.1, -0.05) is 30.3 Å². The summed E-state index contributed by atoms with van der Waals surface area (Å²) in [5.74, 6) is -0.0983. The predicted molar refractivity (Wildman–Crippen MR) is 84.7 cm³/mol. The fourth-order valence-corrected chi connectivity index (χ4v) is 2.57. The van der Waals surface area contributed by atoms with Crippen molar-refractivity contribution >= 4 is 18.3 Å². The molecule has 0 aromatic heterocycles. The van der Waals surface area contributed by atoms with Gasteiger partial charge in [0.25, 0.3) is 0 Å². The second-order valence-corrected chi connectivity index (χ2v) is 5.54. The van der Waals surface area contributed by atoms with Gasteiger partial charge in [-0.05, 0) is 18.9 Å². The third-order valence-corrected chi connectivity index (χ3v) is 3.94. The molecule has 0 aliphatic carbocycles. The lowest BCUT2D eigenvalue weighted by molar-refractivity contribution is -0.140. The second-order valence-electron chi connectivity index (χ2n) is 5.54. The highest BCUT2D eigenvalue weighted by Gasteiger charge is 2.34. The van der Waals surface area contributed by atoms with E-state index >= 15 is 0 Å². The van der Waals surface area contributed by atoms with Gasteiger partial charge in [0.2, 0.25) is 5.91 Å². The maximum atomic E-state index is 12.3. The Morgan fingerprint density at radius 1 is 1.30 bits per heavy atom. The van der Waals surface area contributed by atoms with Crippen molar-refractivity contribution in [1.29, 1.82) is 0 Å². The number of amides is 2. The predicted octanol–water partition coefficient (Wildman–Crippen LogP) is 1.83. The quantitative estimate of drug-likeness (QED) is 0.593. The van der Waals surface area contributed by atoms with Gasteiger partial charge in [0.1, 0.15) is 18.9 Å². The van der Waals surface area contributed by atoms with Crippen LogP contribution in [0.3, 0.4) is 0 Å². The summed E-state index contributed by atoms with van der Waals surface area (Å²) < 4.78 is 5.29. The number of ether oxygens (including phenoxy) is 1. The van der Waals surface area contributed by atoms with Crippen LogP contribution in [0.5, 0.6) is 0 Å². The van der Waals surface area contributed by atoms with E-state index in [2.05, 4.69) is 0 Å². The molecule has 1 saturated heterocycles. The summed E-state index contributed by atoms with van der Waals surface area (Å²) in [6.07, 6.45) is 1.48. The maximum Gasteiger partial charge on any atom is 0.410 e. The molecular formula is C17H22N2O4. The minimum Gasteiger partial charge on any atom is -0.445 e. The van der Waals surface area contributed by atoms with Gasteiger partial charge in [0.15, 0.2) is 0 Å². The zero-order valence-corrected chi connectivity index (χ0v) is 13.3. The molecule has 1 aliphatic heterocycles. The fraction of sp³-hybridized carbons (Fsp3) is 0.471. The van der Waals surface area contributed by atoms with Gasteiger partial charge in [-0.25, -0.2) is 4.79 Å². The number of piperazine rings is 1. The number of hydrogen-bond acceptors (Lipinski definition) is 4. The molecule has 2 rings (SSSR count). The molecule has 0 spiro atoms. The van der Waals surface area contributed by atoms with Crippen LogP contribution in [-0.4, -0.2) is 53.8 Å². The SMILES string of the molecule is CC1C(=O)N(CCCC=O)CCN1C(=O)OCc1ccccc1. The van der Waals surface area contributed by atoms with Gasteiger partial charge in [-0.2, -0.15) is 0 Å². The Bertz CT molecular complexity index is 547. The van der Waals surface area contributed by atoms with Crippen LogP contribution < -0.4 is 0 Å². The first kappa shape index (κ1) is 17.0. The summed E-state index contributed by atoms with van der Waals surface area (Å²) in [6, 6.07) is 8.89. The molecule has 1 atom stereocenters. The number of carbonyl (C=O) groups excluding carboxylic acids is 3. The van der Waals surface area contributed by atoms with E-state index < -0.39 is 12.1 Å². The molecule has 6 nitrogen and oxygen atoms in total. The zero-order chi connectivity index (χ0) is 16.7. The summed E-state index contributed by atoms with van der Waals surface area (Å²) >= 11 is 0. The molecule has 1 unspecified atom stereocenters. The Morgan fingerprint density at radius 2 is 2.04 bits per heavy atom. The Balaban J connectivity index is 1.85. The van der Waals surface area contributed by atoms with Crippen molar-refractivity contribution in [2.75, 3.05) is 19.6 Å². The van der Waals surface area contributed by atoms with Crippen molar-refractivity contribution < 1.29 is 19.1 Å². The van der Waals surface area contributed by atoms with Crippen LogP contribution in [0.2, 0.25) is 0 Å². The van der Waals surface area contributed by atoms with Crippen molar-refractivity contribution in [3.63, 3.8) is 0 Å². The van der Waals surface area contributed by atoms with E-state index in [9.17, 15) is 14.4 Å². The Labute approximate surface area is 136 Å². The Kier molecular flexibility index (Phi) is 6.14. The van der Waals surface area contributed by atoms with Crippen LogP contribution in [0.15, 0.2) is 30.3 Å². The fourth-order valence-electron chi connectivity index (χ4n) is 2.57. The summed E-state index contributed by atoms with van der Waals surface area (Å²) in [5.41, 5.74) is 0.910. The molecule has 124 valence electrons. The number of aldehydes is 1. The van der Waals surface area contributed by atoms with Crippen LogP contribution in [0.4, 0.5) is 4.79 Å². The molecule has 23 heavy (non-hydrogen) atoms. The third-order valence-electron chi connectivity index (χ3n) is 3.94. The van der Waals surface area contributed by atoms with Crippen molar-refractivity contribution in [3.8, 4) is 0 Å². The molecule has 0 N–H and O–H groups in total. The van der Waals surface area contributed by atoms with E-state index in [0.29, 0.717) is 32.5 Å². The molecular weight excluding hydrogens is 296 g/mol. The molecule has 0 saturated carbocycles. The Morgan fingerprint density at radius 3 is 2.74 bits per heavy atom. The van der Waals surface area contributed by atoms with Crippen LogP contribution in [-0.2, 0) is 20.9 Å². The van der Waals surface area contributed by atoms with Crippen molar-refractivity contribution in [1.82, 2.24) is 9.80 Å². The largest absolute Gasteiger partial charge is 0.445 e. The van der Waals surface area contributed by atoms with Gasteiger partial charge in [-0.3, -0.25) is 9.69 Å². The van der Waals surface area contributed by atoms with E-state index in [1.807, 2.05) is 30.3 Å². The second kappa shape index (κ2) is 8.31. The molecule has 0 radical (unpaired) electrons. The van der Waals surface area contributed by atoms with Crippen LogP contribution >= 0.6 is 0 Å². The Hall–Kier alpha value is -2.37. The average molecular weight is 318 g/mol. The summed E-state index contributed by atoms with van der Waals surface area (Å²) in [7, 11) is 0. The average Bonchev–Trinajstić information content (AvgIpc) is 2.58. The van der Waals surface area contributed by atoms with Crippen molar-refractivity contribution in [2.45, 2.75) is 32.4 Å². The van der Waals surface area contributed by atoms with E-state index in [1.165, 1.54) is 4.90 Å². The number of unbranched alkanes of at least 4 members (excludes halogenated alkanes) is 1. The molecule has 1 aromatic rings. The molecule has 6 heteroatoms. The third kappa shape index (κ3) is 4.55. The summed E-state index contributed by atoms with van der Waals surface area (Å²) in [5, 5.41) is 0. The van der Waals surface area contributed by atoms with E-state index in [4.69, 9.17) is 4.74 Å². The van der Waals surface area contributed by atoms with Crippen molar-refractivity contribution in [2.24, 2.45) is 0 Å². The number of benzene rings is 1. The number of carbonyl (C=O) groups is 3. The van der Waals surface area contributed by atoms with Gasteiger partial charge >= 0.3 is 6.09 Å². The van der Waals surface area contributed by atoms with Crippen molar-refractivity contribution in [3.05, 3.63) is 35.9 Å². The normalized spacial score (nSPS) is 18.0. The zero-order valence-electron chi connectivity index (χ0n) is 13.3. The summed E-state index contributed by atoms with van der Waals surface area (Å²) in [6.45, 7) is 3.37. The van der Waals surface area contributed by atoms with Crippen LogP contribution in [0.1, 0.15) is 25.3 Å². The lowest BCUT2D eigenvalue weighted by atomic mass is 10.1. The molecule has 1 heterocycles. The standard InChI is InChI=1S/C17H22N2O4/c1-14-16(21)18(9-5-6-12-20)10-11-19(14)17(22)23-13-15-7-3-2-4-8-15/h2-4,7-8,12,14H,5-6,9-11,13H2,1H3. The van der Waals surface area contributed by atoms with Gasteiger partial charge < -0.3 is 14.4 Å². The first-order valence-electron chi connectivity index (χ1n) is 7.83. The molecule has 1 aliphatic rings. The van der Waals surface area contributed by atoms with Gasteiger partial charge in [-0.15, -0.1) is 0 Å². The molecule has 1 aromatic carbocycles.